The van der Waals surface area contributed by atoms with Gasteiger partial charge < -0.3 is 0 Å². The van der Waals surface area contributed by atoms with E-state index in [4.69, 9.17) is 5.73 Å². The van der Waals surface area contributed by atoms with Crippen LogP contribution in [0.5, 0.6) is 5.75 Å². The van der Waals surface area contributed by atoms with Gasteiger partial charge in [-0.1, -0.05) is 0 Å². The maximum atomic E-state index is 9.20. The summed E-state index contributed by atoms with van der Waals surface area (Å²) in [4.78, 5) is 0. The molecule has 0 bridgehead atoms. The predicted octanol–water partition coefficient (Wildman–Crippen LogP) is 0.643. The molecule has 1 aromatic carbocycles. The van der Waals surface area contributed by atoms with Crippen LogP contribution >= 0.6 is 0 Å². The molecule has 0 spiro atoms. The van der Waals surface area contributed by atoms with Gasteiger partial charge in [-0.3, -0.25) is 0 Å². The molecule has 0 atom stereocenters. The summed E-state index contributed by atoms with van der Waals surface area (Å²) in [5.41, 5.74) is 7.02. The first-order valence-electron chi connectivity index (χ1n) is 2.93. The molecular formula is C7H8AsNO. The number of rotatable bonds is 1. The molecule has 0 aliphatic rings. The number of aromatic hydroxyl groups is 1. The molecule has 2 nitrogen and oxygen atoms in total. The van der Waals surface area contributed by atoms with Gasteiger partial charge in [0.05, 0.1) is 0 Å². The van der Waals surface area contributed by atoms with Gasteiger partial charge in [-0.25, -0.2) is 0 Å². The third-order valence-corrected chi connectivity index (χ3v) is 2.01. The Morgan fingerprint density at radius 3 is 2.60 bits per heavy atom. The molecule has 0 amide bonds. The Morgan fingerprint density at radius 2 is 2.20 bits per heavy atom. The van der Waals surface area contributed by atoms with Crippen molar-refractivity contribution in [3.8, 4) is 5.75 Å². The van der Waals surface area contributed by atoms with Gasteiger partial charge >= 0.3 is 68.1 Å². The molecular weight excluding hydrogens is 189 g/mol. The van der Waals surface area contributed by atoms with Gasteiger partial charge in [0.2, 0.25) is 0 Å². The second kappa shape index (κ2) is 2.98. The van der Waals surface area contributed by atoms with Crippen molar-refractivity contribution >= 4 is 22.5 Å². The fourth-order valence-electron chi connectivity index (χ4n) is 0.764. The van der Waals surface area contributed by atoms with E-state index in [0.717, 1.165) is 5.56 Å². The molecule has 0 aliphatic heterocycles. The number of phenols is 1. The van der Waals surface area contributed by atoms with Crippen molar-refractivity contribution in [1.82, 2.24) is 0 Å². The van der Waals surface area contributed by atoms with E-state index in [1.165, 1.54) is 0 Å². The summed E-state index contributed by atoms with van der Waals surface area (Å²) in [6.45, 7) is 0. The fraction of sp³-hybridized carbons (Fsp3) is 0.143. The van der Waals surface area contributed by atoms with Crippen LogP contribution < -0.4 is 5.73 Å². The molecule has 0 heterocycles. The zero-order valence-corrected chi connectivity index (χ0v) is 7.29. The summed E-state index contributed by atoms with van der Waals surface area (Å²) in [5, 5.41) is 9.92. The molecule has 1 aromatic rings. The van der Waals surface area contributed by atoms with Crippen molar-refractivity contribution in [3.05, 3.63) is 23.8 Å². The van der Waals surface area contributed by atoms with Crippen LogP contribution in [0, 0.1) is 0 Å². The van der Waals surface area contributed by atoms with Crippen LogP contribution in [0.2, 0.25) is 0 Å². The number of nitrogen functional groups attached to an aromatic ring is 1. The molecule has 0 fully saturated rings. The van der Waals surface area contributed by atoms with Crippen molar-refractivity contribution in [1.29, 1.82) is 0 Å². The van der Waals surface area contributed by atoms with Crippen molar-refractivity contribution in [3.63, 3.8) is 0 Å². The van der Waals surface area contributed by atoms with E-state index in [9.17, 15) is 5.11 Å². The summed E-state index contributed by atoms with van der Waals surface area (Å²) < 4.78 is 0. The Hall–Kier alpha value is -0.622. The summed E-state index contributed by atoms with van der Waals surface area (Å²) in [6.07, 6.45) is 0. The first kappa shape index (κ1) is 7.49. The second-order valence-electron chi connectivity index (χ2n) is 2.00. The van der Waals surface area contributed by atoms with Gasteiger partial charge in [-0.15, -0.1) is 0 Å². The van der Waals surface area contributed by atoms with Crippen LogP contribution in [-0.4, -0.2) is 22.0 Å². The summed E-state index contributed by atoms with van der Waals surface area (Å²) in [6, 6.07) is 5.15. The van der Waals surface area contributed by atoms with Crippen LogP contribution in [0.15, 0.2) is 18.2 Å². The summed E-state index contributed by atoms with van der Waals surface area (Å²) in [5.74, 6) is 0.278. The molecule has 2 radical (unpaired) electrons. The van der Waals surface area contributed by atoms with Crippen LogP contribution in [0.25, 0.3) is 0 Å². The number of phenolic OH excluding ortho intramolecular Hbond substituents is 1. The average molecular weight is 197 g/mol. The maximum absolute atomic E-state index is 9.20. The van der Waals surface area contributed by atoms with Gasteiger partial charge in [0.25, 0.3) is 0 Å². The van der Waals surface area contributed by atoms with Crippen molar-refractivity contribution in [2.24, 2.45) is 0 Å². The van der Waals surface area contributed by atoms with E-state index in [0.29, 0.717) is 10.9 Å². The molecule has 3 heteroatoms. The Morgan fingerprint density at radius 1 is 1.50 bits per heavy atom. The quantitative estimate of drug-likeness (QED) is 0.512. The minimum absolute atomic E-state index is 0.278. The van der Waals surface area contributed by atoms with Gasteiger partial charge in [-0.05, 0) is 0 Å². The zero-order chi connectivity index (χ0) is 7.56. The van der Waals surface area contributed by atoms with Gasteiger partial charge in [0, 0.05) is 0 Å². The Kier molecular flexibility index (Phi) is 2.23. The van der Waals surface area contributed by atoms with E-state index >= 15 is 0 Å². The molecule has 0 aromatic heterocycles. The Bertz CT molecular complexity index is 217. The van der Waals surface area contributed by atoms with Crippen LogP contribution in [0.4, 0.5) is 5.69 Å². The van der Waals surface area contributed by atoms with E-state index in [2.05, 4.69) is 16.9 Å². The van der Waals surface area contributed by atoms with Crippen LogP contribution in [-0.2, 0) is 5.21 Å². The Balaban J connectivity index is 3.17. The number of anilines is 1. The monoisotopic (exact) mass is 197 g/mol. The van der Waals surface area contributed by atoms with E-state index in [1.807, 2.05) is 0 Å². The number of benzene rings is 1. The van der Waals surface area contributed by atoms with Gasteiger partial charge in [0.1, 0.15) is 0 Å². The molecule has 52 valence electrons. The van der Waals surface area contributed by atoms with E-state index < -0.39 is 0 Å². The van der Waals surface area contributed by atoms with Gasteiger partial charge in [-0.2, -0.15) is 0 Å². The minimum atomic E-state index is 0.278. The van der Waals surface area contributed by atoms with Crippen LogP contribution in [0.3, 0.4) is 0 Å². The fourth-order valence-corrected chi connectivity index (χ4v) is 1.49. The second-order valence-corrected chi connectivity index (χ2v) is 2.67. The topological polar surface area (TPSA) is 46.2 Å². The molecule has 0 saturated heterocycles. The van der Waals surface area contributed by atoms with E-state index in [1.54, 1.807) is 18.2 Å². The number of hydrogen-bond acceptors (Lipinski definition) is 2. The summed E-state index contributed by atoms with van der Waals surface area (Å²) in [7, 11) is 0. The molecule has 1 rings (SSSR count). The van der Waals surface area contributed by atoms with Crippen molar-refractivity contribution < 1.29 is 5.11 Å². The third-order valence-electron chi connectivity index (χ3n) is 1.35. The standard InChI is InChI=1S/C7H8AsNO/c8-4-5-6(9)2-1-3-7(5)10/h1-3,10H,4,9H2. The molecule has 0 aliphatic carbocycles. The van der Waals surface area contributed by atoms with Crippen molar-refractivity contribution in [2.75, 3.05) is 5.73 Å². The molecule has 3 N–H and O–H groups in total. The summed E-state index contributed by atoms with van der Waals surface area (Å²) >= 11 is 2.38. The zero-order valence-electron chi connectivity index (χ0n) is 5.41. The number of nitrogens with two attached hydrogens (primary N) is 1. The molecule has 0 saturated carbocycles. The normalized spacial score (nSPS) is 9.70. The van der Waals surface area contributed by atoms with Crippen molar-refractivity contribution in [2.45, 2.75) is 5.21 Å². The van der Waals surface area contributed by atoms with Crippen LogP contribution in [0.1, 0.15) is 5.56 Å². The molecule has 10 heavy (non-hydrogen) atoms. The molecule has 0 unspecified atom stereocenters. The first-order valence-corrected chi connectivity index (χ1v) is 4.25. The third kappa shape index (κ3) is 1.27. The first-order chi connectivity index (χ1) is 4.75. The SMILES string of the molecule is Nc1cccc(O)c1C[As]. The number of hydrogen-bond donors (Lipinski definition) is 2. The van der Waals surface area contributed by atoms with E-state index in [-0.39, 0.29) is 5.75 Å². The Labute approximate surface area is 68.6 Å². The average Bonchev–Trinajstić information content (AvgIpc) is 1.88. The van der Waals surface area contributed by atoms with Gasteiger partial charge in [0.15, 0.2) is 0 Å². The predicted molar refractivity (Wildman–Crippen MR) is 42.0 cm³/mol.